The molecule has 0 fully saturated rings. The van der Waals surface area contributed by atoms with Crippen molar-refractivity contribution < 1.29 is 9.50 Å². The summed E-state index contributed by atoms with van der Waals surface area (Å²) in [7, 11) is 1.99. The molecular formula is C13H20FNO. The Kier molecular flexibility index (Phi) is 4.74. The topological polar surface area (TPSA) is 23.5 Å². The Morgan fingerprint density at radius 1 is 1.44 bits per heavy atom. The summed E-state index contributed by atoms with van der Waals surface area (Å²) in [5.41, 5.74) is 0.636. The largest absolute Gasteiger partial charge is 0.508 e. The standard InChI is InChI=1S/C13H20FNO/c1-4-5-8-15(3)10(2)12-7-6-11(16)9-13(12)14/h6-7,9-10,16H,4-5,8H2,1-3H3. The minimum atomic E-state index is -0.337. The number of nitrogens with zero attached hydrogens (tertiary/aromatic N) is 1. The number of rotatable bonds is 5. The second-order valence-electron chi connectivity index (χ2n) is 4.22. The van der Waals surface area contributed by atoms with Crippen LogP contribution < -0.4 is 0 Å². The Labute approximate surface area is 96.7 Å². The molecular weight excluding hydrogens is 205 g/mol. The zero-order valence-electron chi connectivity index (χ0n) is 10.2. The molecule has 1 unspecified atom stereocenters. The van der Waals surface area contributed by atoms with Gasteiger partial charge in [0.1, 0.15) is 11.6 Å². The van der Waals surface area contributed by atoms with Crippen molar-refractivity contribution in [3.8, 4) is 5.75 Å². The van der Waals surface area contributed by atoms with Crippen LogP contribution in [0.15, 0.2) is 18.2 Å². The summed E-state index contributed by atoms with van der Waals surface area (Å²) in [6.45, 7) is 5.07. The van der Waals surface area contributed by atoms with Crippen molar-refractivity contribution in [1.29, 1.82) is 0 Å². The summed E-state index contributed by atoms with van der Waals surface area (Å²) in [5, 5.41) is 9.15. The van der Waals surface area contributed by atoms with Crippen LogP contribution in [0, 0.1) is 5.82 Å². The van der Waals surface area contributed by atoms with Crippen LogP contribution in [0.25, 0.3) is 0 Å². The van der Waals surface area contributed by atoms with Crippen molar-refractivity contribution in [2.75, 3.05) is 13.6 Å². The Bertz CT molecular complexity index is 341. The lowest BCUT2D eigenvalue weighted by molar-refractivity contribution is 0.252. The molecule has 0 aliphatic rings. The van der Waals surface area contributed by atoms with Crippen molar-refractivity contribution in [2.45, 2.75) is 32.7 Å². The van der Waals surface area contributed by atoms with Gasteiger partial charge in [0, 0.05) is 17.7 Å². The van der Waals surface area contributed by atoms with E-state index in [4.69, 9.17) is 5.11 Å². The first kappa shape index (κ1) is 13.0. The second kappa shape index (κ2) is 5.85. The molecule has 0 radical (unpaired) electrons. The summed E-state index contributed by atoms with van der Waals surface area (Å²) >= 11 is 0. The van der Waals surface area contributed by atoms with Gasteiger partial charge in [0.05, 0.1) is 0 Å². The third-order valence-electron chi connectivity index (χ3n) is 2.96. The van der Waals surface area contributed by atoms with Crippen molar-refractivity contribution in [1.82, 2.24) is 4.90 Å². The van der Waals surface area contributed by atoms with Crippen molar-refractivity contribution in [3.63, 3.8) is 0 Å². The van der Waals surface area contributed by atoms with Crippen LogP contribution in [0.2, 0.25) is 0 Å². The van der Waals surface area contributed by atoms with Crippen LogP contribution in [0.1, 0.15) is 38.3 Å². The van der Waals surface area contributed by atoms with E-state index in [9.17, 15) is 4.39 Å². The molecule has 3 heteroatoms. The van der Waals surface area contributed by atoms with E-state index in [1.165, 1.54) is 12.1 Å². The Morgan fingerprint density at radius 3 is 2.69 bits per heavy atom. The SMILES string of the molecule is CCCCN(C)C(C)c1ccc(O)cc1F. The van der Waals surface area contributed by atoms with Gasteiger partial charge in [-0.3, -0.25) is 4.90 Å². The number of unbranched alkanes of at least 4 members (excludes halogenated alkanes) is 1. The van der Waals surface area contributed by atoms with Gasteiger partial charge in [0.25, 0.3) is 0 Å². The zero-order chi connectivity index (χ0) is 12.1. The fourth-order valence-corrected chi connectivity index (χ4v) is 1.69. The molecule has 0 spiro atoms. The minimum Gasteiger partial charge on any atom is -0.508 e. The zero-order valence-corrected chi connectivity index (χ0v) is 10.2. The monoisotopic (exact) mass is 225 g/mol. The van der Waals surface area contributed by atoms with E-state index >= 15 is 0 Å². The summed E-state index contributed by atoms with van der Waals surface area (Å²) in [6.07, 6.45) is 2.25. The van der Waals surface area contributed by atoms with Gasteiger partial charge in [-0.05, 0) is 33.0 Å². The van der Waals surface area contributed by atoms with Gasteiger partial charge in [-0.15, -0.1) is 0 Å². The van der Waals surface area contributed by atoms with Crippen molar-refractivity contribution in [3.05, 3.63) is 29.6 Å². The molecule has 0 saturated heterocycles. The van der Waals surface area contributed by atoms with Crippen LogP contribution in [-0.4, -0.2) is 23.6 Å². The number of halogens is 1. The van der Waals surface area contributed by atoms with Gasteiger partial charge in [-0.1, -0.05) is 19.4 Å². The van der Waals surface area contributed by atoms with Crippen LogP contribution in [0.4, 0.5) is 4.39 Å². The highest BCUT2D eigenvalue weighted by molar-refractivity contribution is 5.29. The maximum Gasteiger partial charge on any atom is 0.131 e. The van der Waals surface area contributed by atoms with Gasteiger partial charge in [0.15, 0.2) is 0 Å². The maximum atomic E-state index is 13.6. The lowest BCUT2D eigenvalue weighted by Gasteiger charge is -2.25. The lowest BCUT2D eigenvalue weighted by atomic mass is 10.1. The predicted octanol–water partition coefficient (Wildman–Crippen LogP) is 3.32. The summed E-state index contributed by atoms with van der Waals surface area (Å²) < 4.78 is 13.6. The maximum absolute atomic E-state index is 13.6. The number of benzene rings is 1. The second-order valence-corrected chi connectivity index (χ2v) is 4.22. The normalized spacial score (nSPS) is 13.1. The lowest BCUT2D eigenvalue weighted by Crippen LogP contribution is -2.24. The minimum absolute atomic E-state index is 0.0235. The van der Waals surface area contributed by atoms with Crippen LogP contribution in [0.3, 0.4) is 0 Å². The van der Waals surface area contributed by atoms with Gasteiger partial charge in [-0.2, -0.15) is 0 Å². The van der Waals surface area contributed by atoms with E-state index < -0.39 is 0 Å². The van der Waals surface area contributed by atoms with E-state index in [0.29, 0.717) is 5.56 Å². The Morgan fingerprint density at radius 2 is 2.12 bits per heavy atom. The number of aromatic hydroxyl groups is 1. The van der Waals surface area contributed by atoms with Gasteiger partial charge in [-0.25, -0.2) is 4.39 Å². The van der Waals surface area contributed by atoms with Gasteiger partial charge in [0.2, 0.25) is 0 Å². The van der Waals surface area contributed by atoms with Gasteiger partial charge < -0.3 is 5.11 Å². The molecule has 1 N–H and O–H groups in total. The highest BCUT2D eigenvalue weighted by atomic mass is 19.1. The van der Waals surface area contributed by atoms with Crippen LogP contribution >= 0.6 is 0 Å². The van der Waals surface area contributed by atoms with Gasteiger partial charge >= 0.3 is 0 Å². The fraction of sp³-hybridized carbons (Fsp3) is 0.538. The average Bonchev–Trinajstić information content (AvgIpc) is 2.25. The molecule has 90 valence electrons. The van der Waals surface area contributed by atoms with Crippen molar-refractivity contribution in [2.24, 2.45) is 0 Å². The third kappa shape index (κ3) is 3.20. The Hall–Kier alpha value is -1.09. The van der Waals surface area contributed by atoms with E-state index in [1.807, 2.05) is 14.0 Å². The molecule has 1 aromatic carbocycles. The molecule has 1 atom stereocenters. The highest BCUT2D eigenvalue weighted by Crippen LogP contribution is 2.24. The molecule has 16 heavy (non-hydrogen) atoms. The smallest absolute Gasteiger partial charge is 0.131 e. The molecule has 0 saturated carbocycles. The highest BCUT2D eigenvalue weighted by Gasteiger charge is 2.15. The Balaban J connectivity index is 2.75. The average molecular weight is 225 g/mol. The first-order valence-electron chi connectivity index (χ1n) is 5.75. The first-order chi connectivity index (χ1) is 7.56. The number of phenolic OH excluding ortho intramolecular Hbond substituents is 1. The third-order valence-corrected chi connectivity index (χ3v) is 2.96. The van der Waals surface area contributed by atoms with E-state index in [2.05, 4.69) is 11.8 Å². The molecule has 1 rings (SSSR count). The predicted molar refractivity (Wildman–Crippen MR) is 64.0 cm³/mol. The molecule has 1 aromatic rings. The van der Waals surface area contributed by atoms with E-state index in [-0.39, 0.29) is 17.6 Å². The van der Waals surface area contributed by atoms with Crippen LogP contribution in [-0.2, 0) is 0 Å². The molecule has 0 amide bonds. The molecule has 0 bridgehead atoms. The van der Waals surface area contributed by atoms with Crippen molar-refractivity contribution >= 4 is 0 Å². The molecule has 0 aliphatic carbocycles. The fourth-order valence-electron chi connectivity index (χ4n) is 1.69. The van der Waals surface area contributed by atoms with Crippen LogP contribution in [0.5, 0.6) is 5.75 Å². The number of hydrogen-bond acceptors (Lipinski definition) is 2. The molecule has 2 nitrogen and oxygen atoms in total. The first-order valence-corrected chi connectivity index (χ1v) is 5.75. The molecule has 0 heterocycles. The molecule has 0 aromatic heterocycles. The summed E-state index contributed by atoms with van der Waals surface area (Å²) in [6, 6.07) is 4.38. The summed E-state index contributed by atoms with van der Waals surface area (Å²) in [4.78, 5) is 2.12. The number of phenols is 1. The molecule has 0 aliphatic heterocycles. The quantitative estimate of drug-likeness (QED) is 0.831. The van der Waals surface area contributed by atoms with E-state index in [0.717, 1.165) is 19.4 Å². The van der Waals surface area contributed by atoms with E-state index in [1.54, 1.807) is 6.07 Å². The summed E-state index contributed by atoms with van der Waals surface area (Å²) in [5.74, 6) is -0.361. The number of hydrogen-bond donors (Lipinski definition) is 1.